The summed E-state index contributed by atoms with van der Waals surface area (Å²) in [6, 6.07) is 46.3. The fourth-order valence-electron chi connectivity index (χ4n) is 5.91. The summed E-state index contributed by atoms with van der Waals surface area (Å²) in [6.45, 7) is 0. The van der Waals surface area contributed by atoms with Gasteiger partial charge in [0.15, 0.2) is 23.3 Å². The number of benzene rings is 5. The van der Waals surface area contributed by atoms with E-state index in [1.807, 2.05) is 128 Å². The van der Waals surface area contributed by atoms with Crippen LogP contribution in [-0.4, -0.2) is 29.9 Å². The zero-order chi connectivity index (χ0) is 31.2. The molecule has 0 aliphatic heterocycles. The summed E-state index contributed by atoms with van der Waals surface area (Å²) in [6.07, 6.45) is 1.85. The largest absolute Gasteiger partial charge is 0.438 e. The van der Waals surface area contributed by atoms with E-state index in [9.17, 15) is 0 Å². The minimum Gasteiger partial charge on any atom is -0.438 e. The fourth-order valence-corrected chi connectivity index (χ4v) is 5.91. The molecule has 0 saturated carbocycles. The van der Waals surface area contributed by atoms with Crippen LogP contribution in [0.3, 0.4) is 0 Å². The smallest absolute Gasteiger partial charge is 0.227 e. The molecule has 220 valence electrons. The third-order valence-corrected chi connectivity index (χ3v) is 8.22. The molecule has 9 rings (SSSR count). The molecule has 9 aromatic rings. The Morgan fingerprint density at radius 1 is 0.426 bits per heavy atom. The summed E-state index contributed by atoms with van der Waals surface area (Å²) < 4.78 is 6.04. The third kappa shape index (κ3) is 4.87. The molecule has 5 aromatic carbocycles. The van der Waals surface area contributed by atoms with E-state index in [0.29, 0.717) is 34.7 Å². The zero-order valence-electron chi connectivity index (χ0n) is 24.9. The van der Waals surface area contributed by atoms with Gasteiger partial charge in [-0.15, -0.1) is 0 Å². The molecule has 0 bridgehead atoms. The normalized spacial score (nSPS) is 11.4. The molecule has 7 heteroatoms. The number of nitrogens with zero attached hydrogens (tertiary/aromatic N) is 6. The molecule has 0 atom stereocenters. The molecule has 7 nitrogen and oxygen atoms in total. The van der Waals surface area contributed by atoms with Gasteiger partial charge in [0, 0.05) is 44.6 Å². The molecule has 4 aromatic heterocycles. The van der Waals surface area contributed by atoms with Crippen molar-refractivity contribution in [2.75, 3.05) is 0 Å². The number of pyridine rings is 1. The average molecular weight is 605 g/mol. The zero-order valence-corrected chi connectivity index (χ0v) is 24.9. The molecule has 0 fully saturated rings. The van der Waals surface area contributed by atoms with Gasteiger partial charge < -0.3 is 4.42 Å². The molecule has 47 heavy (non-hydrogen) atoms. The van der Waals surface area contributed by atoms with Gasteiger partial charge in [0.1, 0.15) is 11.3 Å². The van der Waals surface area contributed by atoms with Gasteiger partial charge in [-0.3, -0.25) is 0 Å². The lowest BCUT2D eigenvalue weighted by Gasteiger charge is -2.11. The fraction of sp³-hybridized carbons (Fsp3) is 0. The highest BCUT2D eigenvalue weighted by Crippen LogP contribution is 2.33. The van der Waals surface area contributed by atoms with Crippen molar-refractivity contribution in [1.82, 2.24) is 29.9 Å². The highest BCUT2D eigenvalue weighted by atomic mass is 16.3. The molecule has 0 spiro atoms. The van der Waals surface area contributed by atoms with E-state index in [0.717, 1.165) is 55.1 Å². The Morgan fingerprint density at radius 3 is 1.83 bits per heavy atom. The summed E-state index contributed by atoms with van der Waals surface area (Å²) in [5.74, 6) is 2.37. The predicted molar refractivity (Wildman–Crippen MR) is 185 cm³/mol. The van der Waals surface area contributed by atoms with E-state index < -0.39 is 0 Å². The minimum atomic E-state index is 0.529. The summed E-state index contributed by atoms with van der Waals surface area (Å²) in [5, 5.41) is 2.93. The van der Waals surface area contributed by atoms with Crippen molar-refractivity contribution in [3.63, 3.8) is 0 Å². The number of fused-ring (bicyclic) bond motifs is 4. The van der Waals surface area contributed by atoms with Crippen LogP contribution in [0.15, 0.2) is 150 Å². The lowest BCUT2D eigenvalue weighted by atomic mass is 10.00. The Labute approximate surface area is 269 Å². The van der Waals surface area contributed by atoms with Crippen LogP contribution >= 0.6 is 0 Å². The maximum absolute atomic E-state index is 6.04. The quantitative estimate of drug-likeness (QED) is 0.193. The summed E-state index contributed by atoms with van der Waals surface area (Å²) in [4.78, 5) is 29.2. The number of hydrogen-bond donors (Lipinski definition) is 0. The van der Waals surface area contributed by atoms with Gasteiger partial charge in [0.05, 0.1) is 5.52 Å². The van der Waals surface area contributed by atoms with Gasteiger partial charge in [-0.2, -0.15) is 0 Å². The molecule has 0 unspecified atom stereocenters. The Balaban J connectivity index is 1.15. The van der Waals surface area contributed by atoms with Gasteiger partial charge in [0.25, 0.3) is 0 Å². The summed E-state index contributed by atoms with van der Waals surface area (Å²) >= 11 is 0. The van der Waals surface area contributed by atoms with Crippen LogP contribution in [0.4, 0.5) is 0 Å². The topological polar surface area (TPSA) is 90.5 Å². The van der Waals surface area contributed by atoms with Crippen molar-refractivity contribution in [2.45, 2.75) is 0 Å². The molecule has 0 aliphatic carbocycles. The highest BCUT2D eigenvalue weighted by Gasteiger charge is 2.16. The van der Waals surface area contributed by atoms with Crippen molar-refractivity contribution in [1.29, 1.82) is 0 Å². The lowest BCUT2D eigenvalue weighted by Crippen LogP contribution is -2.00. The van der Waals surface area contributed by atoms with Gasteiger partial charge >= 0.3 is 0 Å². The second-order valence-electron chi connectivity index (χ2n) is 11.2. The van der Waals surface area contributed by atoms with Gasteiger partial charge in [-0.1, -0.05) is 115 Å². The molecule has 0 aliphatic rings. The summed E-state index contributed by atoms with van der Waals surface area (Å²) in [7, 11) is 0. The van der Waals surface area contributed by atoms with Gasteiger partial charge in [0.2, 0.25) is 5.71 Å². The van der Waals surface area contributed by atoms with Crippen molar-refractivity contribution < 1.29 is 4.42 Å². The number of rotatable bonds is 5. The van der Waals surface area contributed by atoms with Gasteiger partial charge in [-0.05, 0) is 29.8 Å². The Hall–Kier alpha value is -6.60. The Kier molecular flexibility index (Phi) is 6.31. The number of aromatic nitrogens is 6. The van der Waals surface area contributed by atoms with E-state index in [1.165, 1.54) is 0 Å². The number of hydrogen-bond acceptors (Lipinski definition) is 7. The molecular weight excluding hydrogens is 580 g/mol. The Bertz CT molecular complexity index is 2520. The third-order valence-electron chi connectivity index (χ3n) is 8.22. The van der Waals surface area contributed by atoms with Crippen LogP contribution in [0.25, 0.3) is 89.8 Å². The SMILES string of the molecule is c1ccc(-c2nc(-c3ccccc3)nc(-c3cccc(-c4cccc5cnc(-c6ccc7c(n6)oc6ccccc67)nc45)c3)n2)cc1. The van der Waals surface area contributed by atoms with Crippen molar-refractivity contribution in [3.8, 4) is 56.8 Å². The standard InChI is InChI=1S/C40H24N6O/c1-3-11-25(12-4-1)36-44-37(26-13-5-2-6-14-26)46-38(45-36)28-16-9-15-27(23-28)30-19-10-17-29-24-41-39(43-35(29)30)33-22-21-32-31-18-7-8-20-34(31)47-40(32)42-33/h1-24H. The molecule has 0 radical (unpaired) electrons. The lowest BCUT2D eigenvalue weighted by molar-refractivity contribution is 0.654. The van der Waals surface area contributed by atoms with Crippen LogP contribution in [0.1, 0.15) is 0 Å². The first kappa shape index (κ1) is 26.8. The highest BCUT2D eigenvalue weighted by molar-refractivity contribution is 6.04. The molecular formula is C40H24N6O. The number of furan rings is 1. The van der Waals surface area contributed by atoms with Crippen molar-refractivity contribution in [3.05, 3.63) is 146 Å². The summed E-state index contributed by atoms with van der Waals surface area (Å²) in [5.41, 5.74) is 7.53. The van der Waals surface area contributed by atoms with Crippen LogP contribution in [-0.2, 0) is 0 Å². The van der Waals surface area contributed by atoms with E-state index in [-0.39, 0.29) is 0 Å². The van der Waals surface area contributed by atoms with Crippen LogP contribution in [0.2, 0.25) is 0 Å². The minimum absolute atomic E-state index is 0.529. The maximum atomic E-state index is 6.04. The number of para-hydroxylation sites is 2. The Morgan fingerprint density at radius 2 is 1.06 bits per heavy atom. The van der Waals surface area contributed by atoms with Crippen molar-refractivity contribution in [2.24, 2.45) is 0 Å². The first-order chi connectivity index (χ1) is 23.3. The predicted octanol–water partition coefficient (Wildman–Crippen LogP) is 9.44. The van der Waals surface area contributed by atoms with Crippen molar-refractivity contribution >= 4 is 33.0 Å². The molecule has 0 amide bonds. The second-order valence-corrected chi connectivity index (χ2v) is 11.2. The molecule has 0 N–H and O–H groups in total. The molecule has 0 saturated heterocycles. The van der Waals surface area contributed by atoms with E-state index in [1.54, 1.807) is 0 Å². The first-order valence-corrected chi connectivity index (χ1v) is 15.3. The van der Waals surface area contributed by atoms with E-state index in [4.69, 9.17) is 29.3 Å². The van der Waals surface area contributed by atoms with Crippen LogP contribution in [0, 0.1) is 0 Å². The van der Waals surface area contributed by atoms with Crippen LogP contribution < -0.4 is 0 Å². The van der Waals surface area contributed by atoms with Gasteiger partial charge in [-0.25, -0.2) is 29.9 Å². The average Bonchev–Trinajstić information content (AvgIpc) is 3.53. The maximum Gasteiger partial charge on any atom is 0.227 e. The van der Waals surface area contributed by atoms with E-state index >= 15 is 0 Å². The molecule has 4 heterocycles. The monoisotopic (exact) mass is 604 g/mol. The first-order valence-electron chi connectivity index (χ1n) is 15.3. The van der Waals surface area contributed by atoms with Crippen LogP contribution in [0.5, 0.6) is 0 Å². The second kappa shape index (κ2) is 11.1. The van der Waals surface area contributed by atoms with E-state index in [2.05, 4.69) is 23.2 Å².